The monoisotopic (exact) mass is 795 g/mol. The molecule has 1 aromatic heterocycles. The maximum absolute atomic E-state index is 2.59. The molecule has 2 aliphatic rings. The number of rotatable bonds is 7. The third kappa shape index (κ3) is 5.74. The first-order chi connectivity index (χ1) is 30.2. The van der Waals surface area contributed by atoms with E-state index in [1.807, 2.05) is 11.3 Å². The second kappa shape index (κ2) is 14.5. The first-order valence-electron chi connectivity index (χ1n) is 21.2. The van der Waals surface area contributed by atoms with E-state index in [-0.39, 0.29) is 11.8 Å². The van der Waals surface area contributed by atoms with E-state index in [0.717, 1.165) is 11.4 Å². The van der Waals surface area contributed by atoms with E-state index < -0.39 is 5.41 Å². The van der Waals surface area contributed by atoms with Crippen LogP contribution >= 0.6 is 11.3 Å². The van der Waals surface area contributed by atoms with Crippen molar-refractivity contribution in [2.24, 2.45) is 5.92 Å². The molecule has 0 radical (unpaired) electrons. The summed E-state index contributed by atoms with van der Waals surface area (Å²) in [4.78, 5) is 2.51. The van der Waals surface area contributed by atoms with E-state index >= 15 is 0 Å². The molecule has 0 N–H and O–H groups in total. The van der Waals surface area contributed by atoms with Crippen LogP contribution in [0.1, 0.15) is 28.2 Å². The third-order valence-corrected chi connectivity index (χ3v) is 14.3. The minimum Gasteiger partial charge on any atom is -0.310 e. The van der Waals surface area contributed by atoms with Gasteiger partial charge in [0.25, 0.3) is 0 Å². The van der Waals surface area contributed by atoms with Gasteiger partial charge in [-0.15, -0.1) is 11.3 Å². The molecule has 0 saturated carbocycles. The highest BCUT2D eigenvalue weighted by molar-refractivity contribution is 7.25. The highest BCUT2D eigenvalue weighted by Crippen LogP contribution is 2.60. The smallest absolute Gasteiger partial charge is 0.0539 e. The number of anilines is 2. The fraction of sp³-hybridized carbons (Fsp3) is 0.0508. The van der Waals surface area contributed by atoms with E-state index in [1.54, 1.807) is 0 Å². The Morgan fingerprint density at radius 1 is 0.459 bits per heavy atom. The predicted molar refractivity (Wildman–Crippen MR) is 259 cm³/mol. The maximum atomic E-state index is 2.59. The van der Waals surface area contributed by atoms with E-state index in [4.69, 9.17) is 0 Å². The van der Waals surface area contributed by atoms with Gasteiger partial charge in [-0.05, 0) is 92.2 Å². The lowest BCUT2D eigenvalue weighted by Gasteiger charge is -2.40. The molecule has 1 heterocycles. The number of nitrogens with zero attached hydrogens (tertiary/aromatic N) is 1. The van der Waals surface area contributed by atoms with Gasteiger partial charge in [-0.25, -0.2) is 0 Å². The second-order valence-electron chi connectivity index (χ2n) is 16.4. The Balaban J connectivity index is 1.06. The average Bonchev–Trinajstić information content (AvgIpc) is 3.86. The normalized spacial score (nSPS) is 16.4. The Labute approximate surface area is 360 Å². The van der Waals surface area contributed by atoms with Crippen molar-refractivity contribution in [3.8, 4) is 22.3 Å². The molecule has 0 fully saturated rings. The summed E-state index contributed by atoms with van der Waals surface area (Å²) in [5, 5.41) is 5.14. The van der Waals surface area contributed by atoms with E-state index in [9.17, 15) is 0 Å². The van der Waals surface area contributed by atoms with E-state index in [0.29, 0.717) is 0 Å². The quantitative estimate of drug-likeness (QED) is 0.155. The topological polar surface area (TPSA) is 3.24 Å². The fourth-order valence-corrected chi connectivity index (χ4v) is 11.6. The zero-order valence-corrected chi connectivity index (χ0v) is 34.3. The number of benzene rings is 9. The Bertz CT molecular complexity index is 3280. The van der Waals surface area contributed by atoms with Crippen LogP contribution < -0.4 is 4.90 Å². The molecule has 0 bridgehead atoms. The molecule has 0 aliphatic heterocycles. The van der Waals surface area contributed by atoms with Crippen molar-refractivity contribution in [3.63, 3.8) is 0 Å². The highest BCUT2D eigenvalue weighted by Gasteiger charge is 2.53. The minimum atomic E-state index is -0.392. The molecule has 10 aromatic rings. The van der Waals surface area contributed by atoms with Gasteiger partial charge in [0, 0.05) is 49.0 Å². The molecule has 9 aromatic carbocycles. The van der Waals surface area contributed by atoms with Gasteiger partial charge in [0.05, 0.1) is 11.1 Å². The van der Waals surface area contributed by atoms with Crippen molar-refractivity contribution < 1.29 is 0 Å². The van der Waals surface area contributed by atoms with Crippen molar-refractivity contribution in [2.75, 3.05) is 4.90 Å². The molecular weight excluding hydrogens is 755 g/mol. The molecule has 0 spiro atoms. The molecule has 2 heteroatoms. The van der Waals surface area contributed by atoms with Gasteiger partial charge in [0.2, 0.25) is 0 Å². The molecule has 288 valence electrons. The summed E-state index contributed by atoms with van der Waals surface area (Å²) in [5.74, 6) is 0.333. The molecule has 61 heavy (non-hydrogen) atoms. The summed E-state index contributed by atoms with van der Waals surface area (Å²) in [6.07, 6.45) is 7.45. The summed E-state index contributed by atoms with van der Waals surface area (Å²) < 4.78 is 2.62. The van der Waals surface area contributed by atoms with Gasteiger partial charge in [-0.1, -0.05) is 194 Å². The van der Waals surface area contributed by atoms with Crippen LogP contribution in [0, 0.1) is 5.92 Å². The van der Waals surface area contributed by atoms with E-state index in [1.165, 1.54) is 81.1 Å². The van der Waals surface area contributed by atoms with Crippen LogP contribution in [-0.2, 0) is 5.41 Å². The van der Waals surface area contributed by atoms with Crippen LogP contribution in [0.15, 0.2) is 242 Å². The number of hydrogen-bond donors (Lipinski definition) is 0. The number of allylic oxidation sites excluding steroid dienone is 3. The van der Waals surface area contributed by atoms with Crippen LogP contribution in [0.25, 0.3) is 53.2 Å². The molecule has 0 amide bonds. The lowest BCUT2D eigenvalue weighted by atomic mass is 9.63. The lowest BCUT2D eigenvalue weighted by Crippen LogP contribution is -2.36. The first-order valence-corrected chi connectivity index (χ1v) is 22.1. The standard InChI is InChI=1S/C59H41NS/c1-3-17-45(18-4-1)59(46-19-5-2-6-20-46)54-24-12-9-22-50(54)51-36-34-48(39-55(51)59)60(47-32-29-41(30-33-47)43-28-27-40-15-7-8-16-42(40)37-43)56-25-13-10-21-49(56)44-31-35-53-52-23-11-14-26-57(52)61-58(53)38-44/h1-39,51,55H. The SMILES string of the molecule is C1=CC2c3ccccc3C(c3ccccc3)(c3ccccc3)C2C=C1N(c1ccc(-c2ccc3ccccc3c2)cc1)c1ccccc1-c1ccc2c(c1)sc1ccccc12. The van der Waals surface area contributed by atoms with Crippen molar-refractivity contribution >= 4 is 53.7 Å². The van der Waals surface area contributed by atoms with Crippen LogP contribution in [-0.4, -0.2) is 0 Å². The number of para-hydroxylation sites is 1. The Morgan fingerprint density at radius 3 is 1.92 bits per heavy atom. The Kier molecular flexibility index (Phi) is 8.47. The number of hydrogen-bond acceptors (Lipinski definition) is 2. The van der Waals surface area contributed by atoms with Gasteiger partial charge in [0.15, 0.2) is 0 Å². The van der Waals surface area contributed by atoms with Gasteiger partial charge in [0.1, 0.15) is 0 Å². The highest BCUT2D eigenvalue weighted by atomic mass is 32.1. The molecule has 1 nitrogen and oxygen atoms in total. The fourth-order valence-electron chi connectivity index (χ4n) is 10.5. The van der Waals surface area contributed by atoms with Crippen LogP contribution in [0.5, 0.6) is 0 Å². The summed E-state index contributed by atoms with van der Waals surface area (Å²) in [6.45, 7) is 0. The van der Waals surface area contributed by atoms with Gasteiger partial charge in [-0.3, -0.25) is 0 Å². The lowest BCUT2D eigenvalue weighted by molar-refractivity contribution is 0.454. The largest absolute Gasteiger partial charge is 0.310 e. The van der Waals surface area contributed by atoms with Crippen molar-refractivity contribution in [3.05, 3.63) is 265 Å². The first kappa shape index (κ1) is 35.7. The van der Waals surface area contributed by atoms with Crippen LogP contribution in [0.2, 0.25) is 0 Å². The Hall–Kier alpha value is -7.26. The summed E-state index contributed by atoms with van der Waals surface area (Å²) in [7, 11) is 0. The van der Waals surface area contributed by atoms with Crippen molar-refractivity contribution in [2.45, 2.75) is 11.3 Å². The van der Waals surface area contributed by atoms with E-state index in [2.05, 4.69) is 242 Å². The molecule has 2 aliphatic carbocycles. The molecule has 2 atom stereocenters. The van der Waals surface area contributed by atoms with Gasteiger partial charge >= 0.3 is 0 Å². The molecule has 0 saturated heterocycles. The average molecular weight is 796 g/mol. The Morgan fingerprint density at radius 2 is 1.10 bits per heavy atom. The number of thiophene rings is 1. The summed E-state index contributed by atoms with van der Waals surface area (Å²) >= 11 is 1.87. The molecule has 2 unspecified atom stereocenters. The maximum Gasteiger partial charge on any atom is 0.0539 e. The number of fused-ring (bicyclic) bond motifs is 7. The minimum absolute atomic E-state index is 0.121. The van der Waals surface area contributed by atoms with Gasteiger partial charge < -0.3 is 4.90 Å². The second-order valence-corrected chi connectivity index (χ2v) is 17.5. The third-order valence-electron chi connectivity index (χ3n) is 13.2. The van der Waals surface area contributed by atoms with Crippen LogP contribution in [0.3, 0.4) is 0 Å². The predicted octanol–water partition coefficient (Wildman–Crippen LogP) is 15.9. The summed E-state index contributed by atoms with van der Waals surface area (Å²) in [5.41, 5.74) is 13.3. The van der Waals surface area contributed by atoms with Crippen molar-refractivity contribution in [1.29, 1.82) is 0 Å². The van der Waals surface area contributed by atoms with Crippen LogP contribution in [0.4, 0.5) is 11.4 Å². The molecule has 12 rings (SSSR count). The zero-order valence-electron chi connectivity index (χ0n) is 33.5. The molecular formula is C59H41NS. The summed E-state index contributed by atoms with van der Waals surface area (Å²) in [6, 6.07) is 80.9. The zero-order chi connectivity index (χ0) is 40.3. The van der Waals surface area contributed by atoms with Gasteiger partial charge in [-0.2, -0.15) is 0 Å². The van der Waals surface area contributed by atoms with Crippen molar-refractivity contribution in [1.82, 2.24) is 0 Å².